The first kappa shape index (κ1) is 21.2. The summed E-state index contributed by atoms with van der Waals surface area (Å²) in [6.45, 7) is 1.76. The Balaban J connectivity index is 1.56. The molecule has 1 aromatic heterocycles. The summed E-state index contributed by atoms with van der Waals surface area (Å²) < 4.78 is 30.4. The van der Waals surface area contributed by atoms with Crippen LogP contribution in [0, 0.1) is 10.1 Å². The highest BCUT2D eigenvalue weighted by Crippen LogP contribution is 2.28. The summed E-state index contributed by atoms with van der Waals surface area (Å²) in [6.07, 6.45) is 2.86. The number of nitrogens with zero attached hydrogens (tertiary/aromatic N) is 3. The molecule has 8 nitrogen and oxygen atoms in total. The van der Waals surface area contributed by atoms with Crippen LogP contribution in [0.5, 0.6) is 0 Å². The van der Waals surface area contributed by atoms with Crippen molar-refractivity contribution in [3.8, 4) is 0 Å². The van der Waals surface area contributed by atoms with Gasteiger partial charge in [0.05, 0.1) is 15.9 Å². The smallest absolute Gasteiger partial charge is 0.269 e. The Kier molecular flexibility index (Phi) is 5.90. The maximum atomic E-state index is 12.8. The van der Waals surface area contributed by atoms with Gasteiger partial charge in [-0.3, -0.25) is 15.0 Å². The lowest BCUT2D eigenvalue weighted by atomic mass is 9.98. The van der Waals surface area contributed by atoms with Gasteiger partial charge in [0, 0.05) is 50.7 Å². The first-order chi connectivity index (χ1) is 14.8. The quantitative estimate of drug-likeness (QED) is 0.450. The number of aromatic nitrogens is 1. The highest BCUT2D eigenvalue weighted by atomic mass is 32.2. The lowest BCUT2D eigenvalue weighted by molar-refractivity contribution is -0.384. The molecule has 0 radical (unpaired) electrons. The number of hydrogen-bond acceptors (Lipinski definition) is 5. The van der Waals surface area contributed by atoms with Crippen molar-refractivity contribution in [2.45, 2.75) is 23.9 Å². The summed E-state index contributed by atoms with van der Waals surface area (Å²) in [5.41, 5.74) is 3.46. The molecule has 3 aromatic rings. The molecule has 1 unspecified atom stereocenters. The van der Waals surface area contributed by atoms with Crippen LogP contribution >= 0.6 is 0 Å². The Labute approximate surface area is 181 Å². The van der Waals surface area contributed by atoms with Crippen LogP contribution in [0.1, 0.15) is 22.9 Å². The number of sulfonamides is 1. The van der Waals surface area contributed by atoms with Crippen LogP contribution in [-0.4, -0.2) is 35.9 Å². The fourth-order valence-corrected chi connectivity index (χ4v) is 5.08. The fraction of sp³-hybridized carbons (Fsp3) is 0.273. The van der Waals surface area contributed by atoms with E-state index in [1.165, 1.54) is 35.4 Å². The number of rotatable bonds is 7. The average Bonchev–Trinajstić information content (AvgIpc) is 3.19. The van der Waals surface area contributed by atoms with Crippen LogP contribution in [0.4, 0.5) is 5.69 Å². The summed E-state index contributed by atoms with van der Waals surface area (Å²) in [6, 6.07) is 17.0. The van der Waals surface area contributed by atoms with Crippen molar-refractivity contribution in [3.63, 3.8) is 0 Å². The van der Waals surface area contributed by atoms with Crippen LogP contribution in [0.15, 0.2) is 71.8 Å². The third-order valence-corrected chi connectivity index (χ3v) is 7.19. The van der Waals surface area contributed by atoms with Gasteiger partial charge >= 0.3 is 0 Å². The normalized spacial score (nSPS) is 15.4. The molecule has 0 saturated heterocycles. The molecular weight excluding hydrogens is 416 g/mol. The number of nitrogens with one attached hydrogen (secondary N) is 1. The lowest BCUT2D eigenvalue weighted by Gasteiger charge is -2.36. The Hall–Kier alpha value is -3.01. The Morgan fingerprint density at radius 2 is 1.77 bits per heavy atom. The number of nitro benzene ring substituents is 1. The van der Waals surface area contributed by atoms with Gasteiger partial charge in [-0.25, -0.2) is 13.1 Å². The highest BCUT2D eigenvalue weighted by Gasteiger charge is 2.28. The second-order valence-electron chi connectivity index (χ2n) is 7.65. The van der Waals surface area contributed by atoms with Gasteiger partial charge in [0.15, 0.2) is 0 Å². The van der Waals surface area contributed by atoms with Crippen molar-refractivity contribution in [1.29, 1.82) is 0 Å². The molecule has 162 valence electrons. The van der Waals surface area contributed by atoms with Gasteiger partial charge in [0.1, 0.15) is 0 Å². The first-order valence-electron chi connectivity index (χ1n) is 10.0. The zero-order chi connectivity index (χ0) is 22.0. The molecule has 2 aromatic carbocycles. The highest BCUT2D eigenvalue weighted by molar-refractivity contribution is 7.89. The molecular formula is C22H24N4O4S. The van der Waals surface area contributed by atoms with Crippen LogP contribution in [0.3, 0.4) is 0 Å². The number of benzene rings is 2. The van der Waals surface area contributed by atoms with Gasteiger partial charge in [-0.05, 0) is 41.8 Å². The lowest BCUT2D eigenvalue weighted by Crippen LogP contribution is -2.41. The van der Waals surface area contributed by atoms with E-state index in [0.29, 0.717) is 0 Å². The van der Waals surface area contributed by atoms with E-state index >= 15 is 0 Å². The van der Waals surface area contributed by atoms with Gasteiger partial charge in [0.25, 0.3) is 5.69 Å². The van der Waals surface area contributed by atoms with Crippen molar-refractivity contribution >= 4 is 15.7 Å². The van der Waals surface area contributed by atoms with Gasteiger partial charge < -0.3 is 4.57 Å². The van der Waals surface area contributed by atoms with E-state index in [-0.39, 0.29) is 23.2 Å². The molecule has 0 amide bonds. The van der Waals surface area contributed by atoms with Gasteiger partial charge in [-0.2, -0.15) is 0 Å². The molecule has 0 bridgehead atoms. The summed E-state index contributed by atoms with van der Waals surface area (Å²) >= 11 is 0. The monoisotopic (exact) mass is 440 g/mol. The molecule has 9 heteroatoms. The van der Waals surface area contributed by atoms with Crippen molar-refractivity contribution in [1.82, 2.24) is 14.2 Å². The number of non-ortho nitro benzene ring substituents is 1. The van der Waals surface area contributed by atoms with Crippen LogP contribution < -0.4 is 4.72 Å². The van der Waals surface area contributed by atoms with E-state index in [1.54, 1.807) is 0 Å². The van der Waals surface area contributed by atoms with Gasteiger partial charge in [-0.15, -0.1) is 0 Å². The zero-order valence-electron chi connectivity index (χ0n) is 17.1. The molecule has 0 spiro atoms. The van der Waals surface area contributed by atoms with Crippen LogP contribution in [0.25, 0.3) is 0 Å². The summed E-state index contributed by atoms with van der Waals surface area (Å²) in [4.78, 5) is 12.6. The fourth-order valence-electron chi connectivity index (χ4n) is 4.04. The van der Waals surface area contributed by atoms with Crippen molar-refractivity contribution < 1.29 is 13.3 Å². The predicted molar refractivity (Wildman–Crippen MR) is 117 cm³/mol. The topological polar surface area (TPSA) is 97.5 Å². The summed E-state index contributed by atoms with van der Waals surface area (Å²) in [5, 5.41) is 10.8. The average molecular weight is 441 g/mol. The molecule has 1 aliphatic heterocycles. The Morgan fingerprint density at radius 3 is 2.42 bits per heavy atom. The second kappa shape index (κ2) is 8.62. The maximum absolute atomic E-state index is 12.8. The van der Waals surface area contributed by atoms with E-state index < -0.39 is 14.9 Å². The minimum absolute atomic E-state index is 0.00715. The SMILES string of the molecule is Cn1cccc1C(CNS(=O)(=O)c1ccc([N+](=O)[O-])cc1)N1CCc2ccccc2C1. The largest absolute Gasteiger partial charge is 0.353 e. The molecule has 0 aliphatic carbocycles. The summed E-state index contributed by atoms with van der Waals surface area (Å²) in [7, 11) is -1.86. The number of fused-ring (bicyclic) bond motifs is 1. The van der Waals surface area contributed by atoms with E-state index in [0.717, 1.165) is 25.2 Å². The molecule has 31 heavy (non-hydrogen) atoms. The van der Waals surface area contributed by atoms with Gasteiger partial charge in [0.2, 0.25) is 10.0 Å². The first-order valence-corrected chi connectivity index (χ1v) is 11.5. The second-order valence-corrected chi connectivity index (χ2v) is 9.42. The standard InChI is InChI=1S/C22H24N4O4S/c1-24-13-4-7-21(24)22(25-14-12-17-5-2-3-6-18(17)16-25)15-23-31(29,30)20-10-8-19(9-11-20)26(27)28/h2-11,13,22-23H,12,14-16H2,1H3. The molecule has 0 fully saturated rings. The molecule has 4 rings (SSSR count). The predicted octanol–water partition coefficient (Wildman–Crippen LogP) is 3.01. The van der Waals surface area contributed by atoms with E-state index in [2.05, 4.69) is 21.8 Å². The third kappa shape index (κ3) is 4.53. The van der Waals surface area contributed by atoms with Crippen LogP contribution in [-0.2, 0) is 30.0 Å². The van der Waals surface area contributed by atoms with E-state index in [9.17, 15) is 18.5 Å². The number of aryl methyl sites for hydroxylation is 1. The number of hydrogen-bond donors (Lipinski definition) is 1. The van der Waals surface area contributed by atoms with E-state index in [1.807, 2.05) is 42.1 Å². The summed E-state index contributed by atoms with van der Waals surface area (Å²) in [5.74, 6) is 0. The Morgan fingerprint density at radius 1 is 1.06 bits per heavy atom. The maximum Gasteiger partial charge on any atom is 0.269 e. The minimum Gasteiger partial charge on any atom is -0.353 e. The Bertz CT molecular complexity index is 1190. The van der Waals surface area contributed by atoms with Crippen molar-refractivity contribution in [3.05, 3.63) is 93.8 Å². The molecule has 2 heterocycles. The molecule has 1 N–H and O–H groups in total. The van der Waals surface area contributed by atoms with E-state index in [4.69, 9.17) is 0 Å². The molecule has 1 aliphatic rings. The minimum atomic E-state index is -3.81. The molecule has 0 saturated carbocycles. The molecule has 1 atom stereocenters. The number of nitro groups is 1. The third-order valence-electron chi connectivity index (χ3n) is 5.75. The van der Waals surface area contributed by atoms with Crippen molar-refractivity contribution in [2.75, 3.05) is 13.1 Å². The van der Waals surface area contributed by atoms with Crippen LogP contribution in [0.2, 0.25) is 0 Å². The van der Waals surface area contributed by atoms with Crippen molar-refractivity contribution in [2.24, 2.45) is 7.05 Å². The van der Waals surface area contributed by atoms with Gasteiger partial charge in [-0.1, -0.05) is 24.3 Å². The zero-order valence-corrected chi connectivity index (χ0v) is 18.0.